The maximum absolute atomic E-state index is 12.4. The van der Waals surface area contributed by atoms with Gasteiger partial charge in [-0.15, -0.1) is 0 Å². The molecule has 3 atom stereocenters. The molecular weight excluding hydrogens is 326 g/mol. The summed E-state index contributed by atoms with van der Waals surface area (Å²) in [4.78, 5) is 23.6. The monoisotopic (exact) mass is 351 g/mol. The molecule has 6 heteroatoms. The molecule has 1 aromatic rings. The van der Waals surface area contributed by atoms with E-state index in [2.05, 4.69) is 5.32 Å². The summed E-state index contributed by atoms with van der Waals surface area (Å²) in [6, 6.07) is 7.23. The molecule has 2 rings (SSSR count). The molecular formula is C18H25NO4S. The molecule has 1 unspecified atom stereocenters. The van der Waals surface area contributed by atoms with Crippen molar-refractivity contribution in [1.82, 2.24) is 0 Å². The number of aliphatic carboxylic acids is 1. The van der Waals surface area contributed by atoms with Gasteiger partial charge in [-0.2, -0.15) is 0 Å². The van der Waals surface area contributed by atoms with Gasteiger partial charge in [0, 0.05) is 27.0 Å². The van der Waals surface area contributed by atoms with Crippen LogP contribution in [0.4, 0.5) is 5.69 Å². The molecule has 0 aromatic heterocycles. The van der Waals surface area contributed by atoms with Gasteiger partial charge in [-0.1, -0.05) is 26.0 Å². The smallest absolute Gasteiger partial charge is 0.307 e. The molecule has 1 aromatic carbocycles. The van der Waals surface area contributed by atoms with E-state index in [1.54, 1.807) is 32.0 Å². The van der Waals surface area contributed by atoms with Crippen LogP contribution in [0.1, 0.15) is 40.2 Å². The van der Waals surface area contributed by atoms with E-state index in [-0.39, 0.29) is 10.7 Å². The lowest BCUT2D eigenvalue weighted by Gasteiger charge is -2.18. The first-order valence-electron chi connectivity index (χ1n) is 7.95. The summed E-state index contributed by atoms with van der Waals surface area (Å²) in [5.41, 5.74) is 0.961. The maximum Gasteiger partial charge on any atom is 0.307 e. The number of anilines is 1. The van der Waals surface area contributed by atoms with E-state index in [9.17, 15) is 18.9 Å². The first-order chi connectivity index (χ1) is 10.9. The largest absolute Gasteiger partial charge is 0.481 e. The third-order valence-corrected chi connectivity index (χ3v) is 6.51. The fraction of sp³-hybridized carbons (Fsp3) is 0.556. The Labute approximate surface area is 145 Å². The molecule has 0 saturated heterocycles. The van der Waals surface area contributed by atoms with Crippen molar-refractivity contribution in [1.29, 1.82) is 0 Å². The van der Waals surface area contributed by atoms with E-state index >= 15 is 0 Å². The zero-order chi connectivity index (χ0) is 18.3. The molecule has 0 heterocycles. The Balaban J connectivity index is 2.07. The van der Waals surface area contributed by atoms with Gasteiger partial charge < -0.3 is 10.4 Å². The van der Waals surface area contributed by atoms with E-state index in [0.717, 1.165) is 5.56 Å². The Morgan fingerprint density at radius 2 is 1.88 bits per heavy atom. The molecule has 0 spiro atoms. The first kappa shape index (κ1) is 18.6. The van der Waals surface area contributed by atoms with Crippen LogP contribution in [0.5, 0.6) is 0 Å². The summed E-state index contributed by atoms with van der Waals surface area (Å²) in [5, 5.41) is 12.0. The highest BCUT2D eigenvalue weighted by atomic mass is 32.2. The minimum atomic E-state index is -1.02. The summed E-state index contributed by atoms with van der Waals surface area (Å²) < 4.78 is 11.9. The number of nitrogens with one attached hydrogen (secondary N) is 1. The predicted octanol–water partition coefficient (Wildman–Crippen LogP) is 3.03. The van der Waals surface area contributed by atoms with E-state index in [4.69, 9.17) is 0 Å². The van der Waals surface area contributed by atoms with Crippen molar-refractivity contribution in [2.75, 3.05) is 5.32 Å². The maximum atomic E-state index is 12.4. The van der Waals surface area contributed by atoms with Crippen molar-refractivity contribution in [2.24, 2.45) is 17.3 Å². The number of hydrogen-bond acceptors (Lipinski definition) is 3. The minimum absolute atomic E-state index is 0.276. The van der Waals surface area contributed by atoms with Gasteiger partial charge in [-0.25, -0.2) is 0 Å². The summed E-state index contributed by atoms with van der Waals surface area (Å²) in [5.74, 6) is -1.97. The van der Waals surface area contributed by atoms with Crippen molar-refractivity contribution in [3.63, 3.8) is 0 Å². The van der Waals surface area contributed by atoms with Crippen LogP contribution in [-0.2, 0) is 26.1 Å². The number of benzene rings is 1. The fourth-order valence-corrected chi connectivity index (χ4v) is 3.83. The standard InChI is InChI=1S/C18H25NO4S/c1-17(2,3)24(23)10-11-7-6-8-12(9-11)19-15(20)13-14(16(21)22)18(13,4)5/h6-9,13-14H,10H2,1-5H3,(H,19,20)(H,21,22)/t13-,14+,24?/m0/s1. The van der Waals surface area contributed by atoms with Crippen molar-refractivity contribution < 1.29 is 18.9 Å². The molecule has 132 valence electrons. The highest BCUT2D eigenvalue weighted by Gasteiger charge is 2.65. The lowest BCUT2D eigenvalue weighted by Crippen LogP contribution is -2.23. The highest BCUT2D eigenvalue weighted by molar-refractivity contribution is 7.85. The highest BCUT2D eigenvalue weighted by Crippen LogP contribution is 2.58. The number of rotatable bonds is 5. The average molecular weight is 351 g/mol. The van der Waals surface area contributed by atoms with Gasteiger partial charge in [0.1, 0.15) is 0 Å². The number of hydrogen-bond donors (Lipinski definition) is 2. The van der Waals surface area contributed by atoms with Gasteiger partial charge in [0.2, 0.25) is 5.91 Å². The van der Waals surface area contributed by atoms with Gasteiger partial charge in [-0.05, 0) is 43.9 Å². The molecule has 1 saturated carbocycles. The van der Waals surface area contributed by atoms with E-state index < -0.39 is 34.0 Å². The molecule has 0 aliphatic heterocycles. The molecule has 1 amide bonds. The van der Waals surface area contributed by atoms with Gasteiger partial charge in [0.25, 0.3) is 0 Å². The van der Waals surface area contributed by atoms with Crippen LogP contribution in [0.2, 0.25) is 0 Å². The molecule has 1 fully saturated rings. The van der Waals surface area contributed by atoms with E-state index in [0.29, 0.717) is 11.4 Å². The Morgan fingerprint density at radius 1 is 1.25 bits per heavy atom. The van der Waals surface area contributed by atoms with E-state index in [1.807, 2.05) is 26.8 Å². The second kappa shape index (κ2) is 6.31. The summed E-state index contributed by atoms with van der Waals surface area (Å²) >= 11 is 0. The second-order valence-corrected chi connectivity index (χ2v) is 10.1. The number of carbonyl (C=O) groups is 2. The van der Waals surface area contributed by atoms with Crippen LogP contribution >= 0.6 is 0 Å². The van der Waals surface area contributed by atoms with Crippen molar-refractivity contribution in [3.05, 3.63) is 29.8 Å². The van der Waals surface area contributed by atoms with Gasteiger partial charge in [0.05, 0.1) is 11.8 Å². The van der Waals surface area contributed by atoms with Crippen LogP contribution < -0.4 is 5.32 Å². The lowest BCUT2D eigenvalue weighted by molar-refractivity contribution is -0.140. The van der Waals surface area contributed by atoms with Gasteiger partial charge >= 0.3 is 5.97 Å². The molecule has 1 aliphatic carbocycles. The van der Waals surface area contributed by atoms with Crippen LogP contribution in [0.15, 0.2) is 24.3 Å². The van der Waals surface area contributed by atoms with Crippen molar-refractivity contribution in [3.8, 4) is 0 Å². The molecule has 24 heavy (non-hydrogen) atoms. The summed E-state index contributed by atoms with van der Waals surface area (Å²) in [6.07, 6.45) is 0. The summed E-state index contributed by atoms with van der Waals surface area (Å²) in [7, 11) is -1.02. The molecule has 0 bridgehead atoms. The fourth-order valence-electron chi connectivity index (χ4n) is 2.91. The van der Waals surface area contributed by atoms with E-state index in [1.165, 1.54) is 0 Å². The zero-order valence-electron chi connectivity index (χ0n) is 14.8. The Kier molecular flexibility index (Phi) is 4.91. The van der Waals surface area contributed by atoms with Crippen molar-refractivity contribution in [2.45, 2.75) is 45.1 Å². The number of carboxylic acid groups (broad SMARTS) is 1. The minimum Gasteiger partial charge on any atom is -0.481 e. The third-order valence-electron chi connectivity index (χ3n) is 4.55. The molecule has 0 radical (unpaired) electrons. The Bertz CT molecular complexity index is 691. The zero-order valence-corrected chi connectivity index (χ0v) is 15.6. The Morgan fingerprint density at radius 3 is 2.38 bits per heavy atom. The quantitative estimate of drug-likeness (QED) is 0.854. The number of carbonyl (C=O) groups excluding carboxylic acids is 1. The van der Waals surface area contributed by atoms with Crippen molar-refractivity contribution >= 4 is 28.4 Å². The van der Waals surface area contributed by atoms with Crippen LogP contribution in [-0.4, -0.2) is 25.9 Å². The van der Waals surface area contributed by atoms with Gasteiger partial charge in [-0.3, -0.25) is 13.8 Å². The predicted molar refractivity (Wildman–Crippen MR) is 95.1 cm³/mol. The number of amides is 1. The van der Waals surface area contributed by atoms with Crippen LogP contribution in [0, 0.1) is 17.3 Å². The van der Waals surface area contributed by atoms with Crippen LogP contribution in [0.3, 0.4) is 0 Å². The molecule has 2 N–H and O–H groups in total. The molecule has 1 aliphatic rings. The summed E-state index contributed by atoms with van der Waals surface area (Å²) in [6.45, 7) is 9.36. The van der Waals surface area contributed by atoms with Crippen LogP contribution in [0.25, 0.3) is 0 Å². The average Bonchev–Trinajstić information content (AvgIpc) is 3.01. The topological polar surface area (TPSA) is 83.5 Å². The van der Waals surface area contributed by atoms with Gasteiger partial charge in [0.15, 0.2) is 0 Å². The Hall–Kier alpha value is -1.69. The second-order valence-electron chi connectivity index (χ2n) is 7.91. The number of carboxylic acids is 1. The SMILES string of the molecule is CC1(C)[C@H](C(=O)Nc2cccc(CS(=O)C(C)(C)C)c2)[C@@H]1C(=O)O. The lowest BCUT2D eigenvalue weighted by atomic mass is 10.1. The first-order valence-corrected chi connectivity index (χ1v) is 9.27. The third kappa shape index (κ3) is 3.86. The molecule has 5 nitrogen and oxygen atoms in total. The normalized spacial score (nSPS) is 23.4.